The van der Waals surface area contributed by atoms with Crippen LogP contribution in [0.1, 0.15) is 18.3 Å². The minimum atomic E-state index is 0.457. The molecule has 0 radical (unpaired) electrons. The summed E-state index contributed by atoms with van der Waals surface area (Å²) >= 11 is 0. The van der Waals surface area contributed by atoms with E-state index in [9.17, 15) is 0 Å². The van der Waals surface area contributed by atoms with E-state index in [0.717, 1.165) is 17.9 Å². The number of benzene rings is 2. The zero-order valence-electron chi connectivity index (χ0n) is 12.4. The van der Waals surface area contributed by atoms with Crippen molar-refractivity contribution in [1.29, 1.82) is 0 Å². The fraction of sp³-hybridized carbons (Fsp3) is 0.235. The van der Waals surface area contributed by atoms with Crippen LogP contribution >= 0.6 is 0 Å². The van der Waals surface area contributed by atoms with Gasteiger partial charge in [0.05, 0.1) is 12.2 Å². The molecule has 1 aliphatic rings. The van der Waals surface area contributed by atoms with Gasteiger partial charge in [0.25, 0.3) is 0 Å². The summed E-state index contributed by atoms with van der Waals surface area (Å²) in [6.07, 6.45) is 1.07. The zero-order valence-corrected chi connectivity index (χ0v) is 12.4. The highest BCUT2D eigenvalue weighted by atomic mass is 15.5. The molecule has 0 saturated heterocycles. The van der Waals surface area contributed by atoms with E-state index in [4.69, 9.17) is 0 Å². The molecule has 0 amide bonds. The predicted octanol–water partition coefficient (Wildman–Crippen LogP) is 2.61. The van der Waals surface area contributed by atoms with Crippen molar-refractivity contribution in [2.24, 2.45) is 0 Å². The number of para-hydroxylation sites is 2. The lowest BCUT2D eigenvalue weighted by Crippen LogP contribution is -2.30. The SMILES string of the molecule is CC1Cc2ccccc2N1Cc1nnnn1-c1ccccc1. The molecule has 1 unspecified atom stereocenters. The molecular formula is C17H17N5. The van der Waals surface area contributed by atoms with Crippen LogP contribution in [0.3, 0.4) is 0 Å². The van der Waals surface area contributed by atoms with Crippen molar-refractivity contribution >= 4 is 5.69 Å². The van der Waals surface area contributed by atoms with E-state index in [1.165, 1.54) is 11.3 Å². The van der Waals surface area contributed by atoms with Crippen molar-refractivity contribution in [2.45, 2.75) is 25.9 Å². The quantitative estimate of drug-likeness (QED) is 0.744. The molecule has 0 N–H and O–H groups in total. The van der Waals surface area contributed by atoms with Gasteiger partial charge in [0.2, 0.25) is 0 Å². The fourth-order valence-corrected chi connectivity index (χ4v) is 3.10. The first-order valence-electron chi connectivity index (χ1n) is 7.50. The first-order valence-corrected chi connectivity index (χ1v) is 7.50. The summed E-state index contributed by atoms with van der Waals surface area (Å²) in [7, 11) is 0. The molecule has 0 spiro atoms. The normalized spacial score (nSPS) is 16.8. The maximum absolute atomic E-state index is 4.22. The van der Waals surface area contributed by atoms with Gasteiger partial charge in [0, 0.05) is 11.7 Å². The average molecular weight is 291 g/mol. The molecular weight excluding hydrogens is 274 g/mol. The lowest BCUT2D eigenvalue weighted by Gasteiger charge is -2.24. The summed E-state index contributed by atoms with van der Waals surface area (Å²) in [4.78, 5) is 2.38. The van der Waals surface area contributed by atoms with E-state index in [-0.39, 0.29) is 0 Å². The molecule has 0 fully saturated rings. The van der Waals surface area contributed by atoms with Crippen LogP contribution in [-0.4, -0.2) is 26.2 Å². The molecule has 1 aromatic heterocycles. The van der Waals surface area contributed by atoms with Crippen LogP contribution in [0.5, 0.6) is 0 Å². The first-order chi connectivity index (χ1) is 10.8. The summed E-state index contributed by atoms with van der Waals surface area (Å²) in [5, 5.41) is 12.2. The van der Waals surface area contributed by atoms with Crippen LogP contribution in [-0.2, 0) is 13.0 Å². The van der Waals surface area contributed by atoms with E-state index in [2.05, 4.69) is 51.6 Å². The highest BCUT2D eigenvalue weighted by Gasteiger charge is 2.27. The molecule has 110 valence electrons. The van der Waals surface area contributed by atoms with Crippen molar-refractivity contribution in [3.63, 3.8) is 0 Å². The van der Waals surface area contributed by atoms with Crippen LogP contribution < -0.4 is 4.90 Å². The maximum atomic E-state index is 4.22. The molecule has 4 rings (SSSR count). The molecule has 0 saturated carbocycles. The van der Waals surface area contributed by atoms with Crippen LogP contribution in [0, 0.1) is 0 Å². The largest absolute Gasteiger partial charge is 0.361 e. The van der Waals surface area contributed by atoms with Gasteiger partial charge in [-0.25, -0.2) is 0 Å². The number of anilines is 1. The summed E-state index contributed by atoms with van der Waals surface area (Å²) in [5.74, 6) is 0.856. The van der Waals surface area contributed by atoms with Crippen LogP contribution in [0.4, 0.5) is 5.69 Å². The van der Waals surface area contributed by atoms with E-state index in [1.807, 2.05) is 35.0 Å². The Bertz CT molecular complexity index is 781. The Labute approximate surface area is 129 Å². The molecule has 5 nitrogen and oxygen atoms in total. The third-order valence-electron chi connectivity index (χ3n) is 4.20. The number of aromatic nitrogens is 4. The van der Waals surface area contributed by atoms with Gasteiger partial charge in [-0.15, -0.1) is 5.10 Å². The molecule has 22 heavy (non-hydrogen) atoms. The summed E-state index contributed by atoms with van der Waals surface area (Å²) in [6.45, 7) is 2.96. The topological polar surface area (TPSA) is 46.8 Å². The number of nitrogens with zero attached hydrogens (tertiary/aromatic N) is 5. The number of tetrazole rings is 1. The average Bonchev–Trinajstić information content (AvgIpc) is 3.14. The fourth-order valence-electron chi connectivity index (χ4n) is 3.10. The lowest BCUT2D eigenvalue weighted by atomic mass is 10.1. The van der Waals surface area contributed by atoms with Crippen molar-refractivity contribution in [3.8, 4) is 5.69 Å². The number of hydrogen-bond acceptors (Lipinski definition) is 4. The summed E-state index contributed by atoms with van der Waals surface area (Å²) < 4.78 is 1.81. The molecule has 5 heteroatoms. The minimum Gasteiger partial charge on any atom is -0.361 e. The second kappa shape index (κ2) is 5.26. The third-order valence-corrected chi connectivity index (χ3v) is 4.20. The van der Waals surface area contributed by atoms with Crippen molar-refractivity contribution < 1.29 is 0 Å². The number of rotatable bonds is 3. The van der Waals surface area contributed by atoms with E-state index < -0.39 is 0 Å². The number of fused-ring (bicyclic) bond motifs is 1. The Morgan fingerprint density at radius 1 is 1.05 bits per heavy atom. The van der Waals surface area contributed by atoms with Gasteiger partial charge in [0.15, 0.2) is 5.82 Å². The minimum absolute atomic E-state index is 0.457. The van der Waals surface area contributed by atoms with Crippen LogP contribution in [0.2, 0.25) is 0 Å². The van der Waals surface area contributed by atoms with Gasteiger partial charge in [0.1, 0.15) is 0 Å². The third kappa shape index (κ3) is 2.15. The van der Waals surface area contributed by atoms with E-state index in [0.29, 0.717) is 12.6 Å². The Morgan fingerprint density at radius 3 is 2.68 bits per heavy atom. The number of hydrogen-bond donors (Lipinski definition) is 0. The molecule has 2 aromatic carbocycles. The van der Waals surface area contributed by atoms with Gasteiger partial charge >= 0.3 is 0 Å². The zero-order chi connectivity index (χ0) is 14.9. The maximum Gasteiger partial charge on any atom is 0.175 e. The van der Waals surface area contributed by atoms with Crippen LogP contribution in [0.25, 0.3) is 5.69 Å². The summed E-state index contributed by atoms with van der Waals surface area (Å²) in [6, 6.07) is 19.0. The summed E-state index contributed by atoms with van der Waals surface area (Å²) in [5.41, 5.74) is 3.67. The first kappa shape index (κ1) is 13.0. The van der Waals surface area contributed by atoms with Crippen LogP contribution in [0.15, 0.2) is 54.6 Å². The van der Waals surface area contributed by atoms with Gasteiger partial charge < -0.3 is 4.90 Å². The van der Waals surface area contributed by atoms with Gasteiger partial charge in [-0.05, 0) is 47.5 Å². The van der Waals surface area contributed by atoms with Crippen molar-refractivity contribution in [1.82, 2.24) is 20.2 Å². The Hall–Kier alpha value is -2.69. The van der Waals surface area contributed by atoms with Gasteiger partial charge in [-0.1, -0.05) is 36.4 Å². The van der Waals surface area contributed by atoms with Gasteiger partial charge in [-0.3, -0.25) is 0 Å². The predicted molar refractivity (Wildman–Crippen MR) is 84.9 cm³/mol. The Kier molecular flexibility index (Phi) is 3.11. The molecule has 0 aliphatic carbocycles. The Morgan fingerprint density at radius 2 is 1.82 bits per heavy atom. The molecule has 1 atom stereocenters. The highest BCUT2D eigenvalue weighted by Crippen LogP contribution is 2.32. The molecule has 2 heterocycles. The smallest absolute Gasteiger partial charge is 0.175 e. The standard InChI is InChI=1S/C17H17N5/c1-13-11-14-7-5-6-10-16(14)21(13)12-17-18-19-20-22(17)15-8-3-2-4-9-15/h2-10,13H,11-12H2,1H3. The monoisotopic (exact) mass is 291 g/mol. The highest BCUT2D eigenvalue weighted by molar-refractivity contribution is 5.59. The van der Waals surface area contributed by atoms with Crippen molar-refractivity contribution in [2.75, 3.05) is 4.90 Å². The second-order valence-corrected chi connectivity index (χ2v) is 5.65. The van der Waals surface area contributed by atoms with E-state index >= 15 is 0 Å². The lowest BCUT2D eigenvalue weighted by molar-refractivity contribution is 0.641. The van der Waals surface area contributed by atoms with Gasteiger partial charge in [-0.2, -0.15) is 4.68 Å². The second-order valence-electron chi connectivity index (χ2n) is 5.65. The Balaban J connectivity index is 1.67. The molecule has 3 aromatic rings. The van der Waals surface area contributed by atoms with E-state index in [1.54, 1.807) is 0 Å². The van der Waals surface area contributed by atoms with Crippen molar-refractivity contribution in [3.05, 3.63) is 66.0 Å². The molecule has 1 aliphatic heterocycles. The molecule has 0 bridgehead atoms.